The van der Waals surface area contributed by atoms with Gasteiger partial charge >= 0.3 is 5.97 Å². The predicted molar refractivity (Wildman–Crippen MR) is 78.4 cm³/mol. The van der Waals surface area contributed by atoms with Gasteiger partial charge in [0.15, 0.2) is 0 Å². The lowest BCUT2D eigenvalue weighted by Crippen LogP contribution is -2.15. The average Bonchev–Trinajstić information content (AvgIpc) is 2.36. The molecular weight excluding hydrogens is 282 g/mol. The van der Waals surface area contributed by atoms with Crippen LogP contribution in [0.25, 0.3) is 0 Å². The standard InChI is InChI=1S/C14H20ClNO4/c1-4-18-7-8-19-11-6-5-10(15)12(13(11)16)14(17)20-9(2)3/h5-6,9H,4,7-8,16H2,1-3H3. The van der Waals surface area contributed by atoms with E-state index in [9.17, 15) is 4.79 Å². The van der Waals surface area contributed by atoms with Crippen molar-refractivity contribution >= 4 is 23.3 Å². The molecule has 20 heavy (non-hydrogen) atoms. The fourth-order valence-electron chi connectivity index (χ4n) is 1.54. The van der Waals surface area contributed by atoms with E-state index in [0.717, 1.165) is 0 Å². The molecular formula is C14H20ClNO4. The van der Waals surface area contributed by atoms with Gasteiger partial charge in [0, 0.05) is 6.61 Å². The van der Waals surface area contributed by atoms with E-state index in [-0.39, 0.29) is 22.4 Å². The number of ether oxygens (including phenoxy) is 3. The summed E-state index contributed by atoms with van der Waals surface area (Å²) in [6, 6.07) is 3.18. The third kappa shape index (κ3) is 4.58. The lowest BCUT2D eigenvalue weighted by atomic mass is 10.1. The van der Waals surface area contributed by atoms with Crippen molar-refractivity contribution < 1.29 is 19.0 Å². The summed E-state index contributed by atoms with van der Waals surface area (Å²) in [5.74, 6) is -0.164. The van der Waals surface area contributed by atoms with Crippen LogP contribution in [0.3, 0.4) is 0 Å². The molecule has 0 spiro atoms. The number of nitrogen functional groups attached to an aromatic ring is 1. The highest BCUT2D eigenvalue weighted by Gasteiger charge is 2.20. The summed E-state index contributed by atoms with van der Waals surface area (Å²) >= 11 is 6.00. The van der Waals surface area contributed by atoms with Gasteiger partial charge < -0.3 is 19.9 Å². The van der Waals surface area contributed by atoms with Gasteiger partial charge in [0.05, 0.1) is 23.4 Å². The largest absolute Gasteiger partial charge is 0.489 e. The Labute approximate surface area is 123 Å². The Morgan fingerprint density at radius 2 is 2.05 bits per heavy atom. The van der Waals surface area contributed by atoms with Gasteiger partial charge in [0.25, 0.3) is 0 Å². The number of hydrogen-bond donors (Lipinski definition) is 1. The van der Waals surface area contributed by atoms with Gasteiger partial charge in [-0.1, -0.05) is 11.6 Å². The molecule has 0 heterocycles. The molecule has 0 unspecified atom stereocenters. The molecule has 2 N–H and O–H groups in total. The van der Waals surface area contributed by atoms with Crippen molar-refractivity contribution in [3.8, 4) is 5.75 Å². The SMILES string of the molecule is CCOCCOc1ccc(Cl)c(C(=O)OC(C)C)c1N. The summed E-state index contributed by atoms with van der Waals surface area (Å²) < 4.78 is 15.8. The second-order valence-electron chi connectivity index (χ2n) is 4.33. The van der Waals surface area contributed by atoms with Crippen LogP contribution in [0.2, 0.25) is 5.02 Å². The Bertz CT molecular complexity index is 463. The zero-order valence-electron chi connectivity index (χ0n) is 11.9. The maximum atomic E-state index is 12.0. The molecule has 0 saturated heterocycles. The number of carbonyl (C=O) groups is 1. The molecule has 0 saturated carbocycles. The molecule has 1 rings (SSSR count). The first-order valence-corrected chi connectivity index (χ1v) is 6.84. The van der Waals surface area contributed by atoms with Crippen molar-refractivity contribution in [3.05, 3.63) is 22.7 Å². The van der Waals surface area contributed by atoms with Crippen LogP contribution in [0.5, 0.6) is 5.75 Å². The van der Waals surface area contributed by atoms with Gasteiger partial charge in [0.2, 0.25) is 0 Å². The van der Waals surface area contributed by atoms with Crippen LogP contribution in [0.4, 0.5) is 5.69 Å². The second-order valence-corrected chi connectivity index (χ2v) is 4.74. The van der Waals surface area contributed by atoms with Crippen LogP contribution in [0, 0.1) is 0 Å². The highest BCUT2D eigenvalue weighted by Crippen LogP contribution is 2.32. The minimum Gasteiger partial charge on any atom is -0.489 e. The summed E-state index contributed by atoms with van der Waals surface area (Å²) in [6.45, 7) is 6.82. The number of halogens is 1. The topological polar surface area (TPSA) is 70.8 Å². The van der Waals surface area contributed by atoms with E-state index >= 15 is 0 Å². The Morgan fingerprint density at radius 3 is 2.65 bits per heavy atom. The Kier molecular flexibility index (Phi) is 6.61. The number of esters is 1. The second kappa shape index (κ2) is 7.97. The fraction of sp³-hybridized carbons (Fsp3) is 0.500. The maximum Gasteiger partial charge on any atom is 0.342 e. The third-order valence-corrected chi connectivity index (χ3v) is 2.71. The molecule has 0 amide bonds. The predicted octanol–water partition coefficient (Wildman–Crippen LogP) is 2.90. The van der Waals surface area contributed by atoms with E-state index < -0.39 is 5.97 Å². The quantitative estimate of drug-likeness (QED) is 0.476. The van der Waals surface area contributed by atoms with Crippen molar-refractivity contribution in [2.75, 3.05) is 25.6 Å². The number of anilines is 1. The summed E-state index contributed by atoms with van der Waals surface area (Å²) in [5.41, 5.74) is 6.24. The number of nitrogens with two attached hydrogens (primary N) is 1. The summed E-state index contributed by atoms with van der Waals surface area (Å²) in [4.78, 5) is 12.0. The first kappa shape index (κ1) is 16.6. The smallest absolute Gasteiger partial charge is 0.342 e. The van der Waals surface area contributed by atoms with Gasteiger partial charge in [0.1, 0.15) is 17.9 Å². The molecule has 0 atom stereocenters. The number of benzene rings is 1. The van der Waals surface area contributed by atoms with Crippen molar-refractivity contribution in [1.82, 2.24) is 0 Å². The van der Waals surface area contributed by atoms with Crippen LogP contribution in [-0.2, 0) is 9.47 Å². The van der Waals surface area contributed by atoms with Crippen LogP contribution >= 0.6 is 11.6 Å². The molecule has 0 aromatic heterocycles. The zero-order chi connectivity index (χ0) is 15.1. The fourth-order valence-corrected chi connectivity index (χ4v) is 1.78. The average molecular weight is 302 g/mol. The summed E-state index contributed by atoms with van der Waals surface area (Å²) in [7, 11) is 0. The Hall–Kier alpha value is -1.46. The molecule has 112 valence electrons. The van der Waals surface area contributed by atoms with Crippen LogP contribution in [0.15, 0.2) is 12.1 Å². The summed E-state index contributed by atoms with van der Waals surface area (Å²) in [6.07, 6.45) is -0.250. The van der Waals surface area contributed by atoms with E-state index in [2.05, 4.69) is 0 Å². The van der Waals surface area contributed by atoms with Gasteiger partial charge in [-0.15, -0.1) is 0 Å². The monoisotopic (exact) mass is 301 g/mol. The third-order valence-electron chi connectivity index (χ3n) is 2.39. The minimum absolute atomic E-state index is 0.134. The van der Waals surface area contributed by atoms with Crippen LogP contribution < -0.4 is 10.5 Å². The Morgan fingerprint density at radius 1 is 1.35 bits per heavy atom. The minimum atomic E-state index is -0.558. The summed E-state index contributed by atoms with van der Waals surface area (Å²) in [5, 5.41) is 0.241. The molecule has 0 fully saturated rings. The highest BCUT2D eigenvalue weighted by atomic mass is 35.5. The number of carbonyl (C=O) groups excluding carboxylic acids is 1. The lowest BCUT2D eigenvalue weighted by molar-refractivity contribution is 0.0379. The van der Waals surface area contributed by atoms with E-state index in [1.807, 2.05) is 6.92 Å². The maximum absolute atomic E-state index is 12.0. The first-order chi connectivity index (χ1) is 9.47. The van der Waals surface area contributed by atoms with Gasteiger partial charge in [-0.3, -0.25) is 0 Å². The molecule has 5 nitrogen and oxygen atoms in total. The molecule has 1 aromatic carbocycles. The lowest BCUT2D eigenvalue weighted by Gasteiger charge is -2.14. The van der Waals surface area contributed by atoms with Gasteiger partial charge in [-0.2, -0.15) is 0 Å². The van der Waals surface area contributed by atoms with Crippen LogP contribution in [-0.4, -0.2) is 31.9 Å². The van der Waals surface area contributed by atoms with E-state index in [1.54, 1.807) is 26.0 Å². The Balaban J connectivity index is 2.86. The van der Waals surface area contributed by atoms with Crippen molar-refractivity contribution in [2.45, 2.75) is 26.9 Å². The zero-order valence-corrected chi connectivity index (χ0v) is 12.7. The van der Waals surface area contributed by atoms with Crippen molar-refractivity contribution in [3.63, 3.8) is 0 Å². The molecule has 0 aliphatic heterocycles. The van der Waals surface area contributed by atoms with Gasteiger partial charge in [-0.05, 0) is 32.9 Å². The number of rotatable bonds is 7. The van der Waals surface area contributed by atoms with E-state index in [0.29, 0.717) is 25.6 Å². The molecule has 6 heteroatoms. The first-order valence-electron chi connectivity index (χ1n) is 6.46. The van der Waals surface area contributed by atoms with Crippen LogP contribution in [0.1, 0.15) is 31.1 Å². The van der Waals surface area contributed by atoms with E-state index in [4.69, 9.17) is 31.5 Å². The normalized spacial score (nSPS) is 10.7. The molecule has 0 aliphatic carbocycles. The van der Waals surface area contributed by atoms with Crippen molar-refractivity contribution in [2.24, 2.45) is 0 Å². The molecule has 1 aromatic rings. The molecule has 0 radical (unpaired) electrons. The highest BCUT2D eigenvalue weighted by molar-refractivity contribution is 6.34. The van der Waals surface area contributed by atoms with E-state index in [1.165, 1.54) is 0 Å². The molecule has 0 bridgehead atoms. The number of hydrogen-bond acceptors (Lipinski definition) is 5. The van der Waals surface area contributed by atoms with Gasteiger partial charge in [-0.25, -0.2) is 4.79 Å². The molecule has 0 aliphatic rings. The van der Waals surface area contributed by atoms with Crippen molar-refractivity contribution in [1.29, 1.82) is 0 Å².